The van der Waals surface area contributed by atoms with Crippen LogP contribution in [0.5, 0.6) is 5.75 Å². The molecule has 3 aromatic heterocycles. The Morgan fingerprint density at radius 1 is 1.13 bits per heavy atom. The summed E-state index contributed by atoms with van der Waals surface area (Å²) in [4.78, 5) is 8.92. The zero-order valence-corrected chi connectivity index (χ0v) is 17.7. The van der Waals surface area contributed by atoms with Crippen LogP contribution in [0.2, 0.25) is 0 Å². The van der Waals surface area contributed by atoms with Crippen molar-refractivity contribution in [3.05, 3.63) is 78.0 Å². The number of nitrogens with one attached hydrogen (secondary N) is 1. The maximum Gasteiger partial charge on any atom is 0.160 e. The topological polar surface area (TPSA) is 86.2 Å². The van der Waals surface area contributed by atoms with Crippen LogP contribution < -0.4 is 5.32 Å². The number of nitriles is 1. The Balaban J connectivity index is 1.71. The number of nitrogens with zero attached hydrogens (tertiary/aromatic N) is 4. The molecule has 2 N–H and O–H groups in total. The van der Waals surface area contributed by atoms with Crippen molar-refractivity contribution in [3.63, 3.8) is 0 Å². The summed E-state index contributed by atoms with van der Waals surface area (Å²) in [5, 5.41) is 22.3. The number of rotatable bonds is 7. The van der Waals surface area contributed by atoms with Crippen LogP contribution in [0.4, 0.5) is 5.69 Å². The van der Waals surface area contributed by atoms with Gasteiger partial charge in [0.15, 0.2) is 5.65 Å². The SMILES string of the molecule is CCC(C)c1cnc2c(NCCc3ccc(O)cc3)cc(-c3cncc(C#N)c3)cn12. The van der Waals surface area contributed by atoms with E-state index in [-0.39, 0.29) is 5.75 Å². The van der Waals surface area contributed by atoms with E-state index in [4.69, 9.17) is 4.98 Å². The smallest absolute Gasteiger partial charge is 0.160 e. The number of imidazole rings is 1. The third-order valence-corrected chi connectivity index (χ3v) is 5.62. The number of anilines is 1. The van der Waals surface area contributed by atoms with Gasteiger partial charge in [-0.15, -0.1) is 0 Å². The van der Waals surface area contributed by atoms with E-state index in [1.54, 1.807) is 24.5 Å². The van der Waals surface area contributed by atoms with Crippen molar-refractivity contribution in [3.8, 4) is 22.9 Å². The molecule has 6 heteroatoms. The monoisotopic (exact) mass is 411 g/mol. The summed E-state index contributed by atoms with van der Waals surface area (Å²) in [5.74, 6) is 0.646. The highest BCUT2D eigenvalue weighted by Gasteiger charge is 2.15. The van der Waals surface area contributed by atoms with Gasteiger partial charge in [-0.1, -0.05) is 26.0 Å². The number of hydrogen-bond acceptors (Lipinski definition) is 5. The minimum atomic E-state index is 0.272. The molecule has 1 atom stereocenters. The summed E-state index contributed by atoms with van der Waals surface area (Å²) < 4.78 is 2.14. The van der Waals surface area contributed by atoms with Crippen LogP contribution in [-0.4, -0.2) is 26.0 Å². The number of benzene rings is 1. The first kappa shape index (κ1) is 20.4. The molecule has 6 nitrogen and oxygen atoms in total. The molecule has 0 fully saturated rings. The van der Waals surface area contributed by atoms with Gasteiger partial charge in [0.1, 0.15) is 11.8 Å². The average Bonchev–Trinajstić information content (AvgIpc) is 3.24. The highest BCUT2D eigenvalue weighted by molar-refractivity contribution is 5.77. The zero-order chi connectivity index (χ0) is 21.8. The van der Waals surface area contributed by atoms with Gasteiger partial charge in [-0.2, -0.15) is 5.26 Å². The van der Waals surface area contributed by atoms with Crippen molar-refractivity contribution in [2.75, 3.05) is 11.9 Å². The van der Waals surface area contributed by atoms with Crippen LogP contribution in [0.25, 0.3) is 16.8 Å². The lowest BCUT2D eigenvalue weighted by Crippen LogP contribution is -2.07. The number of hydrogen-bond donors (Lipinski definition) is 2. The number of aromatic nitrogens is 3. The minimum absolute atomic E-state index is 0.272. The second kappa shape index (κ2) is 8.88. The van der Waals surface area contributed by atoms with Gasteiger partial charge < -0.3 is 14.8 Å². The highest BCUT2D eigenvalue weighted by Crippen LogP contribution is 2.30. The standard InChI is InChI=1S/C25H25N5O/c1-3-17(2)24-15-29-25-23(28-9-8-18-4-6-22(31)7-5-18)11-21(16-30(24)25)20-10-19(12-26)13-27-14-20/h4-7,10-11,13-17,28,31H,3,8-9H2,1-2H3. The lowest BCUT2D eigenvalue weighted by atomic mass is 10.0. The summed E-state index contributed by atoms with van der Waals surface area (Å²) in [6.07, 6.45) is 9.21. The Morgan fingerprint density at radius 2 is 1.94 bits per heavy atom. The molecule has 0 radical (unpaired) electrons. The third kappa shape index (κ3) is 4.36. The molecule has 156 valence electrons. The Hall–Kier alpha value is -3.85. The fraction of sp³-hybridized carbons (Fsp3) is 0.240. The van der Waals surface area contributed by atoms with E-state index in [0.717, 1.165) is 53.1 Å². The first-order valence-electron chi connectivity index (χ1n) is 10.5. The van der Waals surface area contributed by atoms with Gasteiger partial charge >= 0.3 is 0 Å². The Bertz CT molecular complexity index is 1240. The molecule has 4 aromatic rings. The van der Waals surface area contributed by atoms with Crippen molar-refractivity contribution < 1.29 is 5.11 Å². The molecule has 0 saturated carbocycles. The van der Waals surface area contributed by atoms with Crippen LogP contribution in [-0.2, 0) is 6.42 Å². The second-order valence-electron chi connectivity index (χ2n) is 7.75. The van der Waals surface area contributed by atoms with Crippen LogP contribution >= 0.6 is 0 Å². The minimum Gasteiger partial charge on any atom is -0.508 e. The quantitative estimate of drug-likeness (QED) is 0.440. The van der Waals surface area contributed by atoms with E-state index in [1.165, 1.54) is 0 Å². The second-order valence-corrected chi connectivity index (χ2v) is 7.75. The molecule has 1 unspecified atom stereocenters. The number of phenols is 1. The Kier molecular flexibility index (Phi) is 5.85. The summed E-state index contributed by atoms with van der Waals surface area (Å²) in [7, 11) is 0. The lowest BCUT2D eigenvalue weighted by molar-refractivity contribution is 0.475. The number of aromatic hydroxyl groups is 1. The molecule has 3 heterocycles. The van der Waals surface area contributed by atoms with E-state index in [9.17, 15) is 10.4 Å². The van der Waals surface area contributed by atoms with Gasteiger partial charge in [-0.05, 0) is 48.6 Å². The first-order chi connectivity index (χ1) is 15.1. The van der Waals surface area contributed by atoms with Gasteiger partial charge in [0.05, 0.1) is 11.3 Å². The fourth-order valence-corrected chi connectivity index (χ4v) is 3.63. The lowest BCUT2D eigenvalue weighted by Gasteiger charge is -2.14. The maximum absolute atomic E-state index is 9.47. The van der Waals surface area contributed by atoms with E-state index in [0.29, 0.717) is 11.5 Å². The molecule has 0 aliphatic carbocycles. The summed E-state index contributed by atoms with van der Waals surface area (Å²) in [6.45, 7) is 5.10. The van der Waals surface area contributed by atoms with Gasteiger partial charge in [-0.25, -0.2) is 4.98 Å². The fourth-order valence-electron chi connectivity index (χ4n) is 3.63. The van der Waals surface area contributed by atoms with Gasteiger partial charge in [0.25, 0.3) is 0 Å². The van der Waals surface area contributed by atoms with Crippen LogP contribution in [0, 0.1) is 11.3 Å². The molecule has 0 aliphatic rings. The molecular weight excluding hydrogens is 386 g/mol. The zero-order valence-electron chi connectivity index (χ0n) is 17.7. The molecule has 31 heavy (non-hydrogen) atoms. The largest absolute Gasteiger partial charge is 0.508 e. The highest BCUT2D eigenvalue weighted by atomic mass is 16.3. The number of fused-ring (bicyclic) bond motifs is 1. The van der Waals surface area contributed by atoms with E-state index < -0.39 is 0 Å². The molecule has 0 saturated heterocycles. The summed E-state index contributed by atoms with van der Waals surface area (Å²) in [5.41, 5.74) is 6.53. The molecular formula is C25H25N5O. The van der Waals surface area contributed by atoms with Crippen molar-refractivity contribution in [2.45, 2.75) is 32.6 Å². The molecule has 0 bridgehead atoms. The summed E-state index contributed by atoms with van der Waals surface area (Å²) >= 11 is 0. The van der Waals surface area contributed by atoms with E-state index in [1.807, 2.05) is 24.4 Å². The number of phenolic OH excluding ortho intramolecular Hbond substituents is 1. The Labute approximate surface area is 181 Å². The maximum atomic E-state index is 9.47. The van der Waals surface area contributed by atoms with Crippen molar-refractivity contribution in [1.29, 1.82) is 5.26 Å². The van der Waals surface area contributed by atoms with Crippen LogP contribution in [0.1, 0.15) is 43.0 Å². The molecule has 4 rings (SSSR count). The predicted molar refractivity (Wildman–Crippen MR) is 122 cm³/mol. The van der Waals surface area contributed by atoms with Crippen LogP contribution in [0.15, 0.2) is 61.2 Å². The normalized spacial score (nSPS) is 11.9. The molecule has 1 aromatic carbocycles. The van der Waals surface area contributed by atoms with Crippen molar-refractivity contribution in [1.82, 2.24) is 14.4 Å². The molecule has 0 amide bonds. The third-order valence-electron chi connectivity index (χ3n) is 5.62. The van der Waals surface area contributed by atoms with Gasteiger partial charge in [0.2, 0.25) is 0 Å². The average molecular weight is 412 g/mol. The molecule has 0 aliphatic heterocycles. The first-order valence-corrected chi connectivity index (χ1v) is 10.5. The van der Waals surface area contributed by atoms with E-state index >= 15 is 0 Å². The molecule has 0 spiro atoms. The van der Waals surface area contributed by atoms with E-state index in [2.05, 4.69) is 46.9 Å². The van der Waals surface area contributed by atoms with Crippen LogP contribution in [0.3, 0.4) is 0 Å². The van der Waals surface area contributed by atoms with Crippen molar-refractivity contribution >= 4 is 11.3 Å². The van der Waals surface area contributed by atoms with Crippen molar-refractivity contribution in [2.24, 2.45) is 0 Å². The van der Waals surface area contributed by atoms with Gasteiger partial charge in [-0.3, -0.25) is 4.98 Å². The Morgan fingerprint density at radius 3 is 2.68 bits per heavy atom. The summed E-state index contributed by atoms with van der Waals surface area (Å²) in [6, 6.07) is 13.4. The number of pyridine rings is 2. The predicted octanol–water partition coefficient (Wildman–Crippen LogP) is 5.14. The van der Waals surface area contributed by atoms with Gasteiger partial charge in [0, 0.05) is 48.2 Å².